The molecule has 0 aromatic carbocycles. The van der Waals surface area contributed by atoms with E-state index in [1.165, 1.54) is 12.0 Å². The van der Waals surface area contributed by atoms with Gasteiger partial charge in [0, 0.05) is 0 Å². The minimum Gasteiger partial charge on any atom is -0.298 e. The van der Waals surface area contributed by atoms with Crippen LogP contribution in [0.25, 0.3) is 0 Å². The summed E-state index contributed by atoms with van der Waals surface area (Å²) >= 11 is 0. The van der Waals surface area contributed by atoms with Crippen molar-refractivity contribution in [3.8, 4) is 0 Å². The van der Waals surface area contributed by atoms with E-state index in [2.05, 4.69) is 26.5 Å². The summed E-state index contributed by atoms with van der Waals surface area (Å²) in [6.45, 7) is 9.96. The van der Waals surface area contributed by atoms with Crippen molar-refractivity contribution in [1.82, 2.24) is 0 Å². The fraction of sp³-hybridized carbons (Fsp3) is 0.533. The molecule has 0 N–H and O–H groups in total. The van der Waals surface area contributed by atoms with E-state index < -0.39 is 0 Å². The fourth-order valence-corrected chi connectivity index (χ4v) is 1.39. The van der Waals surface area contributed by atoms with Gasteiger partial charge in [-0.2, -0.15) is 0 Å². The van der Waals surface area contributed by atoms with E-state index in [1.54, 1.807) is 0 Å². The fourth-order valence-electron chi connectivity index (χ4n) is 1.39. The summed E-state index contributed by atoms with van der Waals surface area (Å²) in [6.07, 6.45) is 11.5. The lowest BCUT2D eigenvalue weighted by Gasteiger charge is -2.03. The van der Waals surface area contributed by atoms with Crippen LogP contribution < -0.4 is 0 Å². The SMILES string of the molecule is C=CC(C)CC/C=C(/C)CC/C=C(/C)C=O. The third-order valence-electron chi connectivity index (χ3n) is 2.71. The highest BCUT2D eigenvalue weighted by Crippen LogP contribution is 2.11. The van der Waals surface area contributed by atoms with Crippen LogP contribution >= 0.6 is 0 Å². The Morgan fingerprint density at radius 3 is 2.50 bits per heavy atom. The largest absolute Gasteiger partial charge is 0.298 e. The average molecular weight is 220 g/mol. The number of hydrogen-bond donors (Lipinski definition) is 0. The minimum atomic E-state index is 0.598. The Bertz CT molecular complexity index is 271. The van der Waals surface area contributed by atoms with Crippen LogP contribution in [0.4, 0.5) is 0 Å². The molecule has 1 nitrogen and oxygen atoms in total. The van der Waals surface area contributed by atoms with Gasteiger partial charge in [0.2, 0.25) is 0 Å². The van der Waals surface area contributed by atoms with Gasteiger partial charge in [-0.05, 0) is 51.0 Å². The van der Waals surface area contributed by atoms with Crippen molar-refractivity contribution in [2.75, 3.05) is 0 Å². The van der Waals surface area contributed by atoms with Crippen LogP contribution in [-0.4, -0.2) is 6.29 Å². The average Bonchev–Trinajstić information content (AvgIpc) is 2.28. The van der Waals surface area contributed by atoms with Crippen LogP contribution in [-0.2, 0) is 4.79 Å². The van der Waals surface area contributed by atoms with Crippen molar-refractivity contribution < 1.29 is 4.79 Å². The molecule has 0 aromatic rings. The van der Waals surface area contributed by atoms with Gasteiger partial charge in [0.15, 0.2) is 0 Å². The summed E-state index contributed by atoms with van der Waals surface area (Å²) in [5.41, 5.74) is 2.24. The number of carbonyl (C=O) groups is 1. The van der Waals surface area contributed by atoms with Gasteiger partial charge in [0.25, 0.3) is 0 Å². The molecular formula is C15H24O. The molecule has 1 atom stereocenters. The second kappa shape index (κ2) is 9.14. The van der Waals surface area contributed by atoms with Gasteiger partial charge >= 0.3 is 0 Å². The Balaban J connectivity index is 3.79. The van der Waals surface area contributed by atoms with E-state index in [1.807, 2.05) is 19.1 Å². The van der Waals surface area contributed by atoms with Crippen LogP contribution in [0, 0.1) is 5.92 Å². The molecule has 90 valence electrons. The molecule has 0 fully saturated rings. The van der Waals surface area contributed by atoms with Gasteiger partial charge in [-0.15, -0.1) is 6.58 Å². The third kappa shape index (κ3) is 8.22. The zero-order chi connectivity index (χ0) is 12.4. The summed E-state index contributed by atoms with van der Waals surface area (Å²) in [6, 6.07) is 0. The minimum absolute atomic E-state index is 0.598. The van der Waals surface area contributed by atoms with Crippen LogP contribution in [0.2, 0.25) is 0 Å². The monoisotopic (exact) mass is 220 g/mol. The van der Waals surface area contributed by atoms with Crippen LogP contribution in [0.1, 0.15) is 46.5 Å². The van der Waals surface area contributed by atoms with Gasteiger partial charge in [0.05, 0.1) is 0 Å². The van der Waals surface area contributed by atoms with Gasteiger partial charge in [-0.1, -0.05) is 30.7 Å². The summed E-state index contributed by atoms with van der Waals surface area (Å²) < 4.78 is 0. The lowest BCUT2D eigenvalue weighted by atomic mass is 10.0. The van der Waals surface area contributed by atoms with Crippen molar-refractivity contribution in [3.05, 3.63) is 36.0 Å². The summed E-state index contributed by atoms with van der Waals surface area (Å²) in [5, 5.41) is 0. The van der Waals surface area contributed by atoms with Crippen molar-refractivity contribution >= 4 is 6.29 Å². The first-order valence-electron chi connectivity index (χ1n) is 6.00. The molecule has 0 amide bonds. The smallest absolute Gasteiger partial charge is 0.145 e. The van der Waals surface area contributed by atoms with Crippen molar-refractivity contribution in [3.63, 3.8) is 0 Å². The first kappa shape index (κ1) is 14.9. The number of hydrogen-bond acceptors (Lipinski definition) is 1. The molecule has 0 saturated heterocycles. The predicted octanol–water partition coefficient (Wildman–Crippen LogP) is 4.46. The second-order valence-electron chi connectivity index (χ2n) is 4.45. The summed E-state index contributed by atoms with van der Waals surface area (Å²) in [7, 11) is 0. The summed E-state index contributed by atoms with van der Waals surface area (Å²) in [4.78, 5) is 10.4. The number of carbonyl (C=O) groups excluding carboxylic acids is 1. The predicted molar refractivity (Wildman–Crippen MR) is 71.4 cm³/mol. The van der Waals surface area contributed by atoms with E-state index >= 15 is 0 Å². The third-order valence-corrected chi connectivity index (χ3v) is 2.71. The van der Waals surface area contributed by atoms with Crippen molar-refractivity contribution in [1.29, 1.82) is 0 Å². The van der Waals surface area contributed by atoms with E-state index in [-0.39, 0.29) is 0 Å². The molecule has 0 saturated carbocycles. The highest BCUT2D eigenvalue weighted by atomic mass is 16.1. The van der Waals surface area contributed by atoms with E-state index in [0.29, 0.717) is 5.92 Å². The van der Waals surface area contributed by atoms with Gasteiger partial charge in [-0.3, -0.25) is 4.79 Å². The van der Waals surface area contributed by atoms with Crippen molar-refractivity contribution in [2.24, 2.45) is 5.92 Å². The normalized spacial score (nSPS) is 14.7. The zero-order valence-electron chi connectivity index (χ0n) is 10.8. The van der Waals surface area contributed by atoms with Gasteiger partial charge in [0.1, 0.15) is 6.29 Å². The molecule has 1 unspecified atom stereocenters. The molecule has 1 heteroatoms. The maximum atomic E-state index is 10.4. The summed E-state index contributed by atoms with van der Waals surface area (Å²) in [5.74, 6) is 0.598. The van der Waals surface area contributed by atoms with E-state index in [9.17, 15) is 4.79 Å². The first-order chi connectivity index (χ1) is 7.60. The first-order valence-corrected chi connectivity index (χ1v) is 6.00. The maximum absolute atomic E-state index is 10.4. The Morgan fingerprint density at radius 2 is 1.94 bits per heavy atom. The Hall–Kier alpha value is -1.11. The number of allylic oxidation sites excluding steroid dienone is 5. The molecular weight excluding hydrogens is 196 g/mol. The van der Waals surface area contributed by atoms with Gasteiger partial charge in [-0.25, -0.2) is 0 Å². The molecule has 0 radical (unpaired) electrons. The molecule has 0 spiro atoms. The topological polar surface area (TPSA) is 17.1 Å². The molecule has 0 aliphatic carbocycles. The number of rotatable bonds is 8. The van der Waals surface area contributed by atoms with Crippen molar-refractivity contribution in [2.45, 2.75) is 46.5 Å². The highest BCUT2D eigenvalue weighted by Gasteiger charge is 1.94. The molecule has 0 bridgehead atoms. The highest BCUT2D eigenvalue weighted by molar-refractivity contribution is 5.71. The van der Waals surface area contributed by atoms with E-state index in [4.69, 9.17) is 0 Å². The molecule has 0 heterocycles. The van der Waals surface area contributed by atoms with E-state index in [0.717, 1.165) is 31.1 Å². The lowest BCUT2D eigenvalue weighted by molar-refractivity contribution is -0.104. The van der Waals surface area contributed by atoms with Crippen LogP contribution in [0.15, 0.2) is 36.0 Å². The Kier molecular flexibility index (Phi) is 8.51. The molecule has 0 rings (SSSR count). The van der Waals surface area contributed by atoms with Crippen LogP contribution in [0.3, 0.4) is 0 Å². The maximum Gasteiger partial charge on any atom is 0.145 e. The molecule has 0 aromatic heterocycles. The van der Waals surface area contributed by atoms with Crippen LogP contribution in [0.5, 0.6) is 0 Å². The van der Waals surface area contributed by atoms with Gasteiger partial charge < -0.3 is 0 Å². The molecule has 0 aliphatic rings. The number of aldehydes is 1. The second-order valence-corrected chi connectivity index (χ2v) is 4.45. The zero-order valence-corrected chi connectivity index (χ0v) is 10.8. The Morgan fingerprint density at radius 1 is 1.25 bits per heavy atom. The molecule has 0 aliphatic heterocycles. The lowest BCUT2D eigenvalue weighted by Crippen LogP contribution is -1.87. The standard InChI is InChI=1S/C15H24O/c1-5-13(2)8-6-9-14(3)10-7-11-15(4)12-16/h5,9,11-13H,1,6-8,10H2,2-4H3/b14-9-,15-11-. The quantitative estimate of drug-likeness (QED) is 0.335. The molecule has 16 heavy (non-hydrogen) atoms. The Labute approximate surface area is 99.9 Å².